The lowest BCUT2D eigenvalue weighted by atomic mass is 10.2. The first-order valence-corrected chi connectivity index (χ1v) is 5.98. The number of hydrogen-bond acceptors (Lipinski definition) is 5. The van der Waals surface area contributed by atoms with E-state index in [1.54, 1.807) is 17.0 Å². The monoisotopic (exact) mass is 261 g/mol. The predicted octanol–water partition coefficient (Wildman–Crippen LogP) is 0.378. The fourth-order valence-electron chi connectivity index (χ4n) is 1.79. The Morgan fingerprint density at radius 2 is 2.21 bits per heavy atom. The molecule has 1 saturated heterocycles. The van der Waals surface area contributed by atoms with E-state index in [1.165, 1.54) is 6.07 Å². The summed E-state index contributed by atoms with van der Waals surface area (Å²) in [7, 11) is 0. The Labute approximate surface area is 111 Å². The number of amides is 1. The molecule has 2 N–H and O–H groups in total. The normalized spacial score (nSPS) is 14.8. The summed E-state index contributed by atoms with van der Waals surface area (Å²) in [6.07, 6.45) is 0. The van der Waals surface area contributed by atoms with Crippen LogP contribution in [0.15, 0.2) is 18.2 Å². The molecule has 100 valence electrons. The average Bonchev–Trinajstić information content (AvgIpc) is 2.46. The minimum absolute atomic E-state index is 0.0594. The van der Waals surface area contributed by atoms with Crippen LogP contribution < -0.4 is 10.5 Å². The highest BCUT2D eigenvalue weighted by molar-refractivity contribution is 5.78. The molecular weight excluding hydrogens is 246 g/mol. The first-order valence-electron chi connectivity index (χ1n) is 5.98. The van der Waals surface area contributed by atoms with Gasteiger partial charge < -0.3 is 20.1 Å². The Kier molecular flexibility index (Phi) is 4.21. The van der Waals surface area contributed by atoms with Gasteiger partial charge in [0.25, 0.3) is 5.91 Å². The lowest BCUT2D eigenvalue weighted by Gasteiger charge is -2.26. The number of rotatable bonds is 3. The van der Waals surface area contributed by atoms with Crippen molar-refractivity contribution < 1.29 is 14.3 Å². The number of carbonyl (C=O) groups is 1. The average molecular weight is 261 g/mol. The van der Waals surface area contributed by atoms with Gasteiger partial charge in [0, 0.05) is 13.1 Å². The molecule has 0 unspecified atom stereocenters. The second-order valence-corrected chi connectivity index (χ2v) is 4.15. The number of nitriles is 1. The first kappa shape index (κ1) is 13.2. The molecule has 6 nitrogen and oxygen atoms in total. The zero-order valence-corrected chi connectivity index (χ0v) is 10.5. The molecule has 0 aromatic heterocycles. The zero-order valence-electron chi connectivity index (χ0n) is 10.5. The number of nitrogen functional groups attached to an aromatic ring is 1. The molecule has 1 aliphatic heterocycles. The second kappa shape index (κ2) is 6.07. The van der Waals surface area contributed by atoms with Gasteiger partial charge in [0.05, 0.1) is 30.5 Å². The number of nitrogens with zero attached hydrogens (tertiary/aromatic N) is 2. The van der Waals surface area contributed by atoms with Crippen molar-refractivity contribution in [2.75, 3.05) is 38.6 Å². The quantitative estimate of drug-likeness (QED) is 0.794. The first-order chi connectivity index (χ1) is 9.20. The van der Waals surface area contributed by atoms with Crippen molar-refractivity contribution in [3.05, 3.63) is 23.8 Å². The van der Waals surface area contributed by atoms with E-state index in [9.17, 15) is 4.79 Å². The van der Waals surface area contributed by atoms with Crippen LogP contribution in [0.4, 0.5) is 5.69 Å². The van der Waals surface area contributed by atoms with E-state index in [-0.39, 0.29) is 12.5 Å². The Balaban J connectivity index is 1.91. The molecule has 1 fully saturated rings. The fourth-order valence-corrected chi connectivity index (χ4v) is 1.79. The van der Waals surface area contributed by atoms with Crippen LogP contribution in [0.3, 0.4) is 0 Å². The highest BCUT2D eigenvalue weighted by Gasteiger charge is 2.17. The maximum atomic E-state index is 11.9. The third-order valence-corrected chi connectivity index (χ3v) is 2.85. The van der Waals surface area contributed by atoms with Crippen LogP contribution in [0.1, 0.15) is 5.56 Å². The van der Waals surface area contributed by atoms with Crippen LogP contribution in [0.25, 0.3) is 0 Å². The summed E-state index contributed by atoms with van der Waals surface area (Å²) in [5, 5.41) is 8.72. The molecular formula is C13H15N3O3. The zero-order chi connectivity index (χ0) is 13.7. The number of morpholine rings is 1. The highest BCUT2D eigenvalue weighted by Crippen LogP contribution is 2.22. The van der Waals surface area contributed by atoms with Crippen molar-refractivity contribution in [2.24, 2.45) is 0 Å². The van der Waals surface area contributed by atoms with E-state index in [4.69, 9.17) is 20.5 Å². The van der Waals surface area contributed by atoms with Gasteiger partial charge in [0.2, 0.25) is 0 Å². The fraction of sp³-hybridized carbons (Fsp3) is 0.385. The van der Waals surface area contributed by atoms with Gasteiger partial charge in [-0.25, -0.2) is 0 Å². The van der Waals surface area contributed by atoms with Crippen molar-refractivity contribution in [3.63, 3.8) is 0 Å². The number of carbonyl (C=O) groups excluding carboxylic acids is 1. The molecule has 2 rings (SSSR count). The van der Waals surface area contributed by atoms with Gasteiger partial charge in [-0.2, -0.15) is 5.26 Å². The summed E-state index contributed by atoms with van der Waals surface area (Å²) in [5.74, 6) is 0.327. The third kappa shape index (κ3) is 3.36. The maximum Gasteiger partial charge on any atom is 0.260 e. The second-order valence-electron chi connectivity index (χ2n) is 4.15. The molecule has 1 aromatic rings. The minimum atomic E-state index is -0.0907. The molecule has 6 heteroatoms. The third-order valence-electron chi connectivity index (χ3n) is 2.85. The number of ether oxygens (including phenoxy) is 2. The number of benzene rings is 1. The molecule has 19 heavy (non-hydrogen) atoms. The summed E-state index contributed by atoms with van der Waals surface area (Å²) in [6.45, 7) is 2.24. The Hall–Kier alpha value is -2.26. The van der Waals surface area contributed by atoms with E-state index in [0.29, 0.717) is 43.3 Å². The summed E-state index contributed by atoms with van der Waals surface area (Å²) in [5.41, 5.74) is 6.56. The van der Waals surface area contributed by atoms with Gasteiger partial charge in [-0.15, -0.1) is 0 Å². The standard InChI is InChI=1S/C13H15N3O3/c14-8-10-1-2-12(11(15)7-10)19-9-13(17)16-3-5-18-6-4-16/h1-2,7H,3-6,9,15H2. The summed E-state index contributed by atoms with van der Waals surface area (Å²) < 4.78 is 10.6. The molecule has 1 amide bonds. The van der Waals surface area contributed by atoms with Crippen molar-refractivity contribution in [1.29, 1.82) is 5.26 Å². The lowest BCUT2D eigenvalue weighted by molar-refractivity contribution is -0.137. The Morgan fingerprint density at radius 3 is 2.84 bits per heavy atom. The molecule has 0 radical (unpaired) electrons. The molecule has 0 atom stereocenters. The van der Waals surface area contributed by atoms with Crippen molar-refractivity contribution in [2.45, 2.75) is 0 Å². The molecule has 1 aliphatic rings. The van der Waals surface area contributed by atoms with Crippen LogP contribution in [0.2, 0.25) is 0 Å². The van der Waals surface area contributed by atoms with E-state index in [0.717, 1.165) is 0 Å². The minimum Gasteiger partial charge on any atom is -0.482 e. The van der Waals surface area contributed by atoms with E-state index >= 15 is 0 Å². The van der Waals surface area contributed by atoms with Crippen molar-refractivity contribution in [1.82, 2.24) is 4.90 Å². The van der Waals surface area contributed by atoms with Gasteiger partial charge in [0.15, 0.2) is 6.61 Å². The van der Waals surface area contributed by atoms with Crippen molar-refractivity contribution >= 4 is 11.6 Å². The van der Waals surface area contributed by atoms with Gasteiger partial charge in [-0.1, -0.05) is 0 Å². The maximum absolute atomic E-state index is 11.9. The van der Waals surface area contributed by atoms with Crippen LogP contribution in [0, 0.1) is 11.3 Å². The van der Waals surface area contributed by atoms with Gasteiger partial charge in [-0.05, 0) is 18.2 Å². The number of nitrogens with two attached hydrogens (primary N) is 1. The molecule has 0 spiro atoms. The van der Waals surface area contributed by atoms with Gasteiger partial charge >= 0.3 is 0 Å². The predicted molar refractivity (Wildman–Crippen MR) is 68.5 cm³/mol. The van der Waals surface area contributed by atoms with Crippen molar-refractivity contribution in [3.8, 4) is 11.8 Å². The number of hydrogen-bond donors (Lipinski definition) is 1. The SMILES string of the molecule is N#Cc1ccc(OCC(=O)N2CCOCC2)c(N)c1. The number of anilines is 1. The molecule has 1 aromatic carbocycles. The molecule has 0 bridgehead atoms. The molecule has 0 saturated carbocycles. The molecule has 0 aliphatic carbocycles. The lowest BCUT2D eigenvalue weighted by Crippen LogP contribution is -2.43. The Morgan fingerprint density at radius 1 is 1.47 bits per heavy atom. The van der Waals surface area contributed by atoms with Gasteiger partial charge in [-0.3, -0.25) is 4.79 Å². The van der Waals surface area contributed by atoms with Crippen LogP contribution in [-0.2, 0) is 9.53 Å². The summed E-state index contributed by atoms with van der Waals surface area (Å²) in [6, 6.07) is 6.71. The van der Waals surface area contributed by atoms with Gasteiger partial charge in [0.1, 0.15) is 5.75 Å². The molecule has 1 heterocycles. The van der Waals surface area contributed by atoms with E-state index < -0.39 is 0 Å². The van der Waals surface area contributed by atoms with Crippen LogP contribution in [-0.4, -0.2) is 43.7 Å². The largest absolute Gasteiger partial charge is 0.482 e. The van der Waals surface area contributed by atoms with Crippen LogP contribution >= 0.6 is 0 Å². The van der Waals surface area contributed by atoms with E-state index in [1.807, 2.05) is 6.07 Å². The summed E-state index contributed by atoms with van der Waals surface area (Å²) >= 11 is 0. The summed E-state index contributed by atoms with van der Waals surface area (Å²) in [4.78, 5) is 13.6. The Bertz CT molecular complexity index is 504. The topological polar surface area (TPSA) is 88.6 Å². The highest BCUT2D eigenvalue weighted by atomic mass is 16.5. The smallest absolute Gasteiger partial charge is 0.260 e. The van der Waals surface area contributed by atoms with E-state index in [2.05, 4.69) is 0 Å². The van der Waals surface area contributed by atoms with Crippen LogP contribution in [0.5, 0.6) is 5.75 Å².